The van der Waals surface area contributed by atoms with Crippen LogP contribution in [0.25, 0.3) is 11.0 Å². The zero-order valence-electron chi connectivity index (χ0n) is 13.3. The summed E-state index contributed by atoms with van der Waals surface area (Å²) in [5.41, 5.74) is 7.49. The summed E-state index contributed by atoms with van der Waals surface area (Å²) >= 11 is 6.17. The van der Waals surface area contributed by atoms with Gasteiger partial charge in [0.15, 0.2) is 11.3 Å². The van der Waals surface area contributed by atoms with Crippen LogP contribution in [0.4, 0.5) is 0 Å². The summed E-state index contributed by atoms with van der Waals surface area (Å²) in [5.74, 6) is 0.308. The number of para-hydroxylation sites is 1. The van der Waals surface area contributed by atoms with Crippen molar-refractivity contribution in [1.82, 2.24) is 4.90 Å². The lowest BCUT2D eigenvalue weighted by Gasteiger charge is -2.37. The predicted octanol–water partition coefficient (Wildman–Crippen LogP) is 4.16. The van der Waals surface area contributed by atoms with Crippen LogP contribution >= 0.6 is 24.0 Å². The van der Waals surface area contributed by atoms with E-state index >= 15 is 0 Å². The molecular weight excluding hydrogens is 335 g/mol. The number of fused-ring (bicyclic) bond motifs is 1. The zero-order chi connectivity index (χ0) is 15.9. The largest absolute Gasteiger partial charge is 0.449 e. The van der Waals surface area contributed by atoms with Gasteiger partial charge >= 0.3 is 0 Å². The average Bonchev–Trinajstić information content (AvgIpc) is 2.85. The minimum atomic E-state index is -0.0771. The van der Waals surface area contributed by atoms with Gasteiger partial charge in [-0.2, -0.15) is 0 Å². The first-order valence-electron chi connectivity index (χ1n) is 7.75. The van der Waals surface area contributed by atoms with Gasteiger partial charge in [0.1, 0.15) is 0 Å². The van der Waals surface area contributed by atoms with Crippen molar-refractivity contribution >= 4 is 40.9 Å². The lowest BCUT2D eigenvalue weighted by atomic mass is 9.96. The molecule has 4 nitrogen and oxygen atoms in total. The van der Waals surface area contributed by atoms with Crippen molar-refractivity contribution < 1.29 is 9.21 Å². The fourth-order valence-electron chi connectivity index (χ4n) is 3.30. The first-order valence-corrected chi connectivity index (χ1v) is 8.12. The number of nitrogens with two attached hydrogens (primary N) is 1. The number of halogens is 2. The van der Waals surface area contributed by atoms with E-state index in [4.69, 9.17) is 21.8 Å². The van der Waals surface area contributed by atoms with Crippen molar-refractivity contribution in [2.75, 3.05) is 6.54 Å². The lowest BCUT2D eigenvalue weighted by molar-refractivity contribution is 0.0553. The molecule has 2 unspecified atom stereocenters. The second kappa shape index (κ2) is 7.12. The van der Waals surface area contributed by atoms with Crippen LogP contribution in [-0.4, -0.2) is 29.4 Å². The van der Waals surface area contributed by atoms with Gasteiger partial charge in [0, 0.05) is 29.6 Å². The molecule has 0 spiro atoms. The molecule has 23 heavy (non-hydrogen) atoms. The Hall–Kier alpha value is -1.23. The van der Waals surface area contributed by atoms with Crippen LogP contribution in [0.15, 0.2) is 22.6 Å². The molecule has 0 radical (unpaired) electrons. The highest BCUT2D eigenvalue weighted by Gasteiger charge is 2.32. The summed E-state index contributed by atoms with van der Waals surface area (Å²) in [6.07, 6.45) is 3.07. The van der Waals surface area contributed by atoms with Crippen molar-refractivity contribution in [2.24, 2.45) is 5.73 Å². The van der Waals surface area contributed by atoms with E-state index in [9.17, 15) is 4.79 Å². The number of aryl methyl sites for hydroxylation is 1. The van der Waals surface area contributed by atoms with Gasteiger partial charge < -0.3 is 15.1 Å². The van der Waals surface area contributed by atoms with Gasteiger partial charge in [0.25, 0.3) is 5.91 Å². The Balaban J connectivity index is 0.00000192. The second-order valence-corrected chi connectivity index (χ2v) is 6.50. The van der Waals surface area contributed by atoms with Crippen molar-refractivity contribution in [3.63, 3.8) is 0 Å². The van der Waals surface area contributed by atoms with Crippen LogP contribution < -0.4 is 5.73 Å². The predicted molar refractivity (Wildman–Crippen MR) is 95.5 cm³/mol. The number of likely N-dealkylation sites (tertiary alicyclic amines) is 1. The van der Waals surface area contributed by atoms with E-state index in [0.29, 0.717) is 16.4 Å². The van der Waals surface area contributed by atoms with E-state index in [1.54, 1.807) is 6.07 Å². The molecule has 1 aliphatic heterocycles. The first-order chi connectivity index (χ1) is 10.5. The number of rotatable bonds is 2. The van der Waals surface area contributed by atoms with Crippen LogP contribution in [0.3, 0.4) is 0 Å². The third kappa shape index (κ3) is 3.21. The molecule has 1 saturated heterocycles. The standard InChI is InChI=1S/C17H21ClN2O2.ClH/c1-10-12-6-5-7-13(18)16(12)22-15(10)17(21)20-9-4-3-8-14(20)11(2)19;/h5-7,11,14H,3-4,8-9,19H2,1-2H3;1H. The molecule has 0 bridgehead atoms. The van der Waals surface area contributed by atoms with Crippen molar-refractivity contribution in [2.45, 2.75) is 45.2 Å². The molecule has 6 heteroatoms. The van der Waals surface area contributed by atoms with E-state index in [-0.39, 0.29) is 30.4 Å². The molecule has 1 aliphatic rings. The monoisotopic (exact) mass is 356 g/mol. The fourth-order valence-corrected chi connectivity index (χ4v) is 3.51. The molecule has 1 aromatic heterocycles. The number of nitrogens with zero attached hydrogens (tertiary/aromatic N) is 1. The van der Waals surface area contributed by atoms with Crippen molar-refractivity contribution in [1.29, 1.82) is 0 Å². The fraction of sp³-hybridized carbons (Fsp3) is 0.471. The van der Waals surface area contributed by atoms with Gasteiger partial charge in [0.2, 0.25) is 0 Å². The third-order valence-electron chi connectivity index (χ3n) is 4.53. The van der Waals surface area contributed by atoms with Crippen LogP contribution in [0.2, 0.25) is 5.02 Å². The minimum absolute atomic E-state index is 0. The number of furan rings is 1. The zero-order valence-corrected chi connectivity index (χ0v) is 14.9. The van der Waals surface area contributed by atoms with Gasteiger partial charge in [-0.3, -0.25) is 4.79 Å². The number of benzene rings is 1. The van der Waals surface area contributed by atoms with Crippen LogP contribution in [-0.2, 0) is 0 Å². The molecule has 1 aromatic carbocycles. The van der Waals surface area contributed by atoms with Gasteiger partial charge in [-0.15, -0.1) is 12.4 Å². The molecule has 2 atom stereocenters. The number of carbonyl (C=O) groups is 1. The molecule has 2 aromatic rings. The molecule has 2 N–H and O–H groups in total. The Labute approximate surface area is 147 Å². The third-order valence-corrected chi connectivity index (χ3v) is 4.82. The second-order valence-electron chi connectivity index (χ2n) is 6.09. The normalized spacial score (nSPS) is 19.5. The number of piperidine rings is 1. The van der Waals surface area contributed by atoms with Crippen LogP contribution in [0.1, 0.15) is 42.3 Å². The Morgan fingerprint density at radius 2 is 2.17 bits per heavy atom. The summed E-state index contributed by atoms with van der Waals surface area (Å²) < 4.78 is 5.81. The van der Waals surface area contributed by atoms with Gasteiger partial charge in [-0.05, 0) is 39.2 Å². The summed E-state index contributed by atoms with van der Waals surface area (Å²) in [4.78, 5) is 14.8. The summed E-state index contributed by atoms with van der Waals surface area (Å²) in [6.45, 7) is 4.59. The molecule has 126 valence electrons. The molecular formula is C17H22Cl2N2O2. The molecule has 0 saturated carbocycles. The Bertz CT molecular complexity index is 712. The van der Waals surface area contributed by atoms with Gasteiger partial charge in [-0.1, -0.05) is 23.7 Å². The maximum absolute atomic E-state index is 12.9. The smallest absolute Gasteiger partial charge is 0.290 e. The molecule has 3 rings (SSSR count). The summed E-state index contributed by atoms with van der Waals surface area (Å²) in [5, 5.41) is 1.42. The van der Waals surface area contributed by atoms with E-state index < -0.39 is 0 Å². The topological polar surface area (TPSA) is 59.5 Å². The maximum Gasteiger partial charge on any atom is 0.290 e. The first kappa shape index (κ1) is 18.1. The Kier molecular flexibility index (Phi) is 5.61. The number of hydrogen-bond acceptors (Lipinski definition) is 3. The average molecular weight is 357 g/mol. The summed E-state index contributed by atoms with van der Waals surface area (Å²) in [7, 11) is 0. The minimum Gasteiger partial charge on any atom is -0.449 e. The number of amides is 1. The quantitative estimate of drug-likeness (QED) is 0.878. The number of carbonyl (C=O) groups excluding carboxylic acids is 1. The summed E-state index contributed by atoms with van der Waals surface area (Å²) in [6, 6.07) is 5.59. The van der Waals surface area contributed by atoms with Crippen LogP contribution in [0, 0.1) is 6.92 Å². The lowest BCUT2D eigenvalue weighted by Crippen LogP contribution is -2.51. The molecule has 1 amide bonds. The Morgan fingerprint density at radius 1 is 1.43 bits per heavy atom. The SMILES string of the molecule is Cc1c(C(=O)N2CCCCC2C(C)N)oc2c(Cl)cccc12.Cl. The van der Waals surface area contributed by atoms with Crippen molar-refractivity contribution in [3.05, 3.63) is 34.5 Å². The molecule has 2 heterocycles. The highest BCUT2D eigenvalue weighted by atomic mass is 35.5. The molecule has 1 fully saturated rings. The molecule has 0 aliphatic carbocycles. The highest BCUT2D eigenvalue weighted by Crippen LogP contribution is 2.32. The van der Waals surface area contributed by atoms with Gasteiger partial charge in [0.05, 0.1) is 5.02 Å². The number of hydrogen-bond donors (Lipinski definition) is 1. The van der Waals surface area contributed by atoms with E-state index in [0.717, 1.165) is 36.8 Å². The van der Waals surface area contributed by atoms with E-state index in [1.165, 1.54) is 0 Å². The van der Waals surface area contributed by atoms with Crippen LogP contribution in [0.5, 0.6) is 0 Å². The van der Waals surface area contributed by atoms with E-state index in [1.807, 2.05) is 30.9 Å². The van der Waals surface area contributed by atoms with Crippen molar-refractivity contribution in [3.8, 4) is 0 Å². The Morgan fingerprint density at radius 3 is 2.83 bits per heavy atom. The highest BCUT2D eigenvalue weighted by molar-refractivity contribution is 6.35. The van der Waals surface area contributed by atoms with E-state index in [2.05, 4.69) is 0 Å². The van der Waals surface area contributed by atoms with Gasteiger partial charge in [-0.25, -0.2) is 0 Å². The maximum atomic E-state index is 12.9.